The van der Waals surface area contributed by atoms with Gasteiger partial charge in [-0.3, -0.25) is 4.68 Å². The Bertz CT molecular complexity index is 643. The lowest BCUT2D eigenvalue weighted by atomic mass is 10.0. The smallest absolute Gasteiger partial charge is 0.145 e. The van der Waals surface area contributed by atoms with E-state index in [1.54, 1.807) is 16.8 Å². The van der Waals surface area contributed by atoms with Gasteiger partial charge in [-0.05, 0) is 25.5 Å². The largest absolute Gasteiger partial charge is 0.392 e. The van der Waals surface area contributed by atoms with Crippen LogP contribution in [-0.2, 0) is 19.4 Å². The van der Waals surface area contributed by atoms with Gasteiger partial charge in [0.15, 0.2) is 0 Å². The summed E-state index contributed by atoms with van der Waals surface area (Å²) in [5.41, 5.74) is 1.90. The molecule has 0 saturated carbocycles. The number of aryl methyl sites for hydroxylation is 2. The molecule has 1 atom stereocenters. The summed E-state index contributed by atoms with van der Waals surface area (Å²) in [5.74, 6) is -0.482. The van der Waals surface area contributed by atoms with Crippen molar-refractivity contribution < 1.29 is 9.50 Å². The third kappa shape index (κ3) is 3.57. The van der Waals surface area contributed by atoms with Gasteiger partial charge in [0.2, 0.25) is 0 Å². The first-order chi connectivity index (χ1) is 9.93. The minimum Gasteiger partial charge on any atom is -0.392 e. The molecule has 0 aliphatic heterocycles. The Labute approximate surface area is 133 Å². The van der Waals surface area contributed by atoms with Crippen molar-refractivity contribution in [2.45, 2.75) is 39.3 Å². The Morgan fingerprint density at radius 2 is 2.05 bits per heavy atom. The highest BCUT2D eigenvalue weighted by atomic mass is 35.5. The number of benzene rings is 1. The molecule has 0 fully saturated rings. The van der Waals surface area contributed by atoms with Gasteiger partial charge in [-0.25, -0.2) is 4.39 Å². The number of hydrogen-bond donors (Lipinski definition) is 1. The molecular weight excluding hydrogens is 314 g/mol. The fourth-order valence-corrected chi connectivity index (χ4v) is 2.73. The van der Waals surface area contributed by atoms with Crippen LogP contribution in [0.15, 0.2) is 18.2 Å². The van der Waals surface area contributed by atoms with Gasteiger partial charge >= 0.3 is 0 Å². The molecule has 0 aliphatic rings. The van der Waals surface area contributed by atoms with Gasteiger partial charge in [-0.15, -0.1) is 0 Å². The van der Waals surface area contributed by atoms with E-state index in [-0.39, 0.29) is 11.4 Å². The van der Waals surface area contributed by atoms with Crippen molar-refractivity contribution in [1.82, 2.24) is 9.78 Å². The van der Waals surface area contributed by atoms with E-state index < -0.39 is 11.9 Å². The predicted molar refractivity (Wildman–Crippen MR) is 82.5 cm³/mol. The summed E-state index contributed by atoms with van der Waals surface area (Å²) < 4.78 is 15.6. The Morgan fingerprint density at radius 1 is 1.33 bits per heavy atom. The maximum atomic E-state index is 13.8. The van der Waals surface area contributed by atoms with Gasteiger partial charge in [0.25, 0.3) is 0 Å². The molecular formula is C15H17Cl2FN2O. The Balaban J connectivity index is 2.15. The number of hydrogen-bond acceptors (Lipinski definition) is 2. The quantitative estimate of drug-likeness (QED) is 0.905. The van der Waals surface area contributed by atoms with E-state index >= 15 is 0 Å². The van der Waals surface area contributed by atoms with Gasteiger partial charge in [0.05, 0.1) is 27.5 Å². The third-order valence-corrected chi connectivity index (χ3v) is 4.15. The minimum absolute atomic E-state index is 0.0622. The van der Waals surface area contributed by atoms with Crippen LogP contribution in [0.4, 0.5) is 4.39 Å². The van der Waals surface area contributed by atoms with Crippen LogP contribution < -0.4 is 0 Å². The molecule has 21 heavy (non-hydrogen) atoms. The first kappa shape index (κ1) is 16.3. The van der Waals surface area contributed by atoms with Crippen molar-refractivity contribution in [3.05, 3.63) is 51.0 Å². The van der Waals surface area contributed by atoms with Crippen LogP contribution in [-0.4, -0.2) is 21.0 Å². The molecule has 1 unspecified atom stereocenters. The number of halogens is 3. The van der Waals surface area contributed by atoms with Crippen LogP contribution in [0.1, 0.15) is 23.9 Å². The van der Waals surface area contributed by atoms with E-state index in [9.17, 15) is 9.50 Å². The SMILES string of the molecule is CCn1nc(C)c(Cl)c1CC(O)Cc1cccc(Cl)c1F. The molecule has 2 rings (SSSR count). The molecule has 0 saturated heterocycles. The second kappa shape index (κ2) is 6.77. The predicted octanol–water partition coefficient (Wildman–Crippen LogP) is 3.80. The van der Waals surface area contributed by atoms with Crippen LogP contribution in [0.25, 0.3) is 0 Å². The summed E-state index contributed by atoms with van der Waals surface area (Å²) in [5, 5.41) is 15.1. The maximum absolute atomic E-state index is 13.8. The molecule has 0 amide bonds. The van der Waals surface area contributed by atoms with E-state index in [2.05, 4.69) is 5.10 Å². The van der Waals surface area contributed by atoms with Crippen LogP contribution >= 0.6 is 23.2 Å². The lowest BCUT2D eigenvalue weighted by Crippen LogP contribution is -2.18. The molecule has 0 spiro atoms. The fourth-order valence-electron chi connectivity index (χ4n) is 2.32. The van der Waals surface area contributed by atoms with Crippen molar-refractivity contribution in [1.29, 1.82) is 0 Å². The van der Waals surface area contributed by atoms with Crippen LogP contribution in [0.3, 0.4) is 0 Å². The molecule has 0 aliphatic carbocycles. The second-order valence-electron chi connectivity index (χ2n) is 4.94. The summed E-state index contributed by atoms with van der Waals surface area (Å²) in [7, 11) is 0. The molecule has 2 aromatic rings. The number of rotatable bonds is 5. The van der Waals surface area contributed by atoms with Gasteiger partial charge in [0, 0.05) is 19.4 Å². The normalized spacial score (nSPS) is 12.7. The van der Waals surface area contributed by atoms with Gasteiger partial charge < -0.3 is 5.11 Å². The monoisotopic (exact) mass is 330 g/mol. The highest BCUT2D eigenvalue weighted by Gasteiger charge is 2.18. The zero-order valence-corrected chi connectivity index (χ0v) is 13.4. The highest BCUT2D eigenvalue weighted by molar-refractivity contribution is 6.31. The summed E-state index contributed by atoms with van der Waals surface area (Å²) in [6.07, 6.45) is -0.257. The minimum atomic E-state index is -0.753. The number of aliphatic hydroxyl groups is 1. The van der Waals surface area contributed by atoms with E-state index in [0.29, 0.717) is 23.6 Å². The number of aromatic nitrogens is 2. The van der Waals surface area contributed by atoms with Crippen LogP contribution in [0, 0.1) is 12.7 Å². The van der Waals surface area contributed by atoms with Crippen molar-refractivity contribution in [3.8, 4) is 0 Å². The van der Waals surface area contributed by atoms with Gasteiger partial charge in [-0.2, -0.15) is 5.10 Å². The Hall–Kier alpha value is -1.10. The first-order valence-corrected chi connectivity index (χ1v) is 7.52. The summed E-state index contributed by atoms with van der Waals surface area (Å²) >= 11 is 11.9. The summed E-state index contributed by atoms with van der Waals surface area (Å²) in [6.45, 7) is 4.44. The summed E-state index contributed by atoms with van der Waals surface area (Å²) in [4.78, 5) is 0. The maximum Gasteiger partial charge on any atom is 0.145 e. The molecule has 6 heteroatoms. The molecule has 0 bridgehead atoms. The lowest BCUT2D eigenvalue weighted by molar-refractivity contribution is 0.171. The van der Waals surface area contributed by atoms with E-state index in [0.717, 1.165) is 11.4 Å². The second-order valence-corrected chi connectivity index (χ2v) is 5.72. The molecule has 1 aromatic heterocycles. The molecule has 0 radical (unpaired) electrons. The van der Waals surface area contributed by atoms with Crippen LogP contribution in [0.5, 0.6) is 0 Å². The average molecular weight is 331 g/mol. The molecule has 114 valence electrons. The van der Waals surface area contributed by atoms with Gasteiger partial charge in [0.1, 0.15) is 5.82 Å². The van der Waals surface area contributed by atoms with Gasteiger partial charge in [-0.1, -0.05) is 35.3 Å². The van der Waals surface area contributed by atoms with E-state index in [1.165, 1.54) is 6.07 Å². The Morgan fingerprint density at radius 3 is 2.71 bits per heavy atom. The first-order valence-electron chi connectivity index (χ1n) is 6.76. The van der Waals surface area contributed by atoms with Crippen molar-refractivity contribution in [2.24, 2.45) is 0 Å². The zero-order chi connectivity index (χ0) is 15.6. The standard InChI is InChI=1S/C15H17Cl2FN2O/c1-3-20-13(14(17)9(2)19-20)8-11(21)7-10-5-4-6-12(16)15(10)18/h4-6,11,21H,3,7-8H2,1-2H3. The molecule has 3 nitrogen and oxygen atoms in total. The number of aliphatic hydroxyl groups excluding tert-OH is 1. The average Bonchev–Trinajstić information content (AvgIpc) is 2.71. The lowest BCUT2D eigenvalue weighted by Gasteiger charge is -2.13. The van der Waals surface area contributed by atoms with Crippen molar-refractivity contribution >= 4 is 23.2 Å². The molecule has 1 N–H and O–H groups in total. The van der Waals surface area contributed by atoms with Crippen molar-refractivity contribution in [3.63, 3.8) is 0 Å². The third-order valence-electron chi connectivity index (χ3n) is 3.37. The molecule has 1 aromatic carbocycles. The van der Waals surface area contributed by atoms with Crippen molar-refractivity contribution in [2.75, 3.05) is 0 Å². The van der Waals surface area contributed by atoms with E-state index in [4.69, 9.17) is 23.2 Å². The summed E-state index contributed by atoms with van der Waals surface area (Å²) in [6, 6.07) is 4.77. The fraction of sp³-hybridized carbons (Fsp3) is 0.400. The molecule has 1 heterocycles. The zero-order valence-electron chi connectivity index (χ0n) is 11.9. The van der Waals surface area contributed by atoms with E-state index in [1.807, 2.05) is 13.8 Å². The topological polar surface area (TPSA) is 38.0 Å². The Kier molecular flexibility index (Phi) is 5.25. The number of nitrogens with zero attached hydrogens (tertiary/aromatic N) is 2. The van der Waals surface area contributed by atoms with Crippen LogP contribution in [0.2, 0.25) is 10.0 Å². The highest BCUT2D eigenvalue weighted by Crippen LogP contribution is 2.24.